The van der Waals surface area contributed by atoms with Crippen molar-refractivity contribution in [1.82, 2.24) is 20.4 Å². The fraction of sp³-hybridized carbons (Fsp3) is 0.524. The third-order valence-corrected chi connectivity index (χ3v) is 5.29. The van der Waals surface area contributed by atoms with Gasteiger partial charge >= 0.3 is 0 Å². The maximum absolute atomic E-state index is 10.8. The molecule has 7 nitrogen and oxygen atoms in total. The summed E-state index contributed by atoms with van der Waals surface area (Å²) in [6.45, 7) is 5.15. The van der Waals surface area contributed by atoms with Crippen molar-refractivity contribution in [1.29, 1.82) is 0 Å². The lowest BCUT2D eigenvalue weighted by Gasteiger charge is -2.24. The van der Waals surface area contributed by atoms with Crippen LogP contribution in [-0.2, 0) is 32.0 Å². The van der Waals surface area contributed by atoms with Gasteiger partial charge in [-0.25, -0.2) is 4.99 Å². The lowest BCUT2D eigenvalue weighted by Crippen LogP contribution is -2.44. The first-order valence-corrected chi connectivity index (χ1v) is 9.97. The monoisotopic (exact) mass is 385 g/mol. The predicted octanol–water partition coefficient (Wildman–Crippen LogP) is 1.97. The van der Waals surface area contributed by atoms with Gasteiger partial charge in [0, 0.05) is 30.9 Å². The predicted molar refractivity (Wildman–Crippen MR) is 110 cm³/mol. The summed E-state index contributed by atoms with van der Waals surface area (Å²) in [5.74, 6) is 0.919. The molecule has 28 heavy (non-hydrogen) atoms. The molecule has 1 aromatic carbocycles. The van der Waals surface area contributed by atoms with Crippen molar-refractivity contribution in [3.63, 3.8) is 0 Å². The van der Waals surface area contributed by atoms with E-state index in [4.69, 9.17) is 0 Å². The van der Waals surface area contributed by atoms with Crippen LogP contribution in [0.3, 0.4) is 0 Å². The summed E-state index contributed by atoms with van der Waals surface area (Å²) < 4.78 is 1.67. The van der Waals surface area contributed by atoms with E-state index in [9.17, 15) is 10.2 Å². The molecule has 1 aliphatic rings. The van der Waals surface area contributed by atoms with Gasteiger partial charge in [-0.2, -0.15) is 5.10 Å². The molecule has 0 fully saturated rings. The summed E-state index contributed by atoms with van der Waals surface area (Å²) in [4.78, 5) is 4.66. The van der Waals surface area contributed by atoms with Crippen LogP contribution in [0.4, 0.5) is 0 Å². The van der Waals surface area contributed by atoms with Gasteiger partial charge in [-0.3, -0.25) is 4.68 Å². The van der Waals surface area contributed by atoms with Gasteiger partial charge in [0.2, 0.25) is 0 Å². The van der Waals surface area contributed by atoms with Crippen LogP contribution in [0.5, 0.6) is 5.75 Å². The second-order valence-electron chi connectivity index (χ2n) is 7.63. The number of aryl methyl sites for hydroxylation is 2. The first-order chi connectivity index (χ1) is 13.4. The third kappa shape index (κ3) is 4.65. The minimum absolute atomic E-state index is 0.295. The average molecular weight is 386 g/mol. The topological polar surface area (TPSA) is 94.7 Å². The summed E-state index contributed by atoms with van der Waals surface area (Å²) >= 11 is 0. The summed E-state index contributed by atoms with van der Waals surface area (Å²) in [5, 5.41) is 31.7. The van der Waals surface area contributed by atoms with Gasteiger partial charge < -0.3 is 20.8 Å². The summed E-state index contributed by atoms with van der Waals surface area (Å²) in [6, 6.07) is 3.81. The number of rotatable bonds is 6. The van der Waals surface area contributed by atoms with Crippen molar-refractivity contribution in [2.24, 2.45) is 12.0 Å². The molecule has 1 heterocycles. The molecule has 0 bridgehead atoms. The van der Waals surface area contributed by atoms with Gasteiger partial charge in [-0.1, -0.05) is 6.07 Å². The van der Waals surface area contributed by atoms with E-state index in [-0.39, 0.29) is 0 Å². The molecule has 2 aromatic rings. The van der Waals surface area contributed by atoms with E-state index in [2.05, 4.69) is 20.7 Å². The largest absolute Gasteiger partial charge is 0.508 e. The molecular formula is C21H31N5O2. The van der Waals surface area contributed by atoms with Crippen LogP contribution in [0.15, 0.2) is 29.5 Å². The zero-order chi connectivity index (χ0) is 20.1. The van der Waals surface area contributed by atoms with Crippen LogP contribution in [-0.4, -0.2) is 39.0 Å². The van der Waals surface area contributed by atoms with Gasteiger partial charge in [0.05, 0.1) is 19.3 Å². The number of phenolic OH excluding ortho intramolecular Hbond substituents is 1. The van der Waals surface area contributed by atoms with Crippen LogP contribution in [0.25, 0.3) is 0 Å². The summed E-state index contributed by atoms with van der Waals surface area (Å²) in [6.07, 6.45) is 7.89. The number of aliphatic hydroxyl groups is 1. The fourth-order valence-corrected chi connectivity index (χ4v) is 3.63. The molecule has 152 valence electrons. The Morgan fingerprint density at radius 1 is 1.29 bits per heavy atom. The molecule has 1 atom stereocenters. The van der Waals surface area contributed by atoms with E-state index < -0.39 is 5.60 Å². The van der Waals surface area contributed by atoms with E-state index in [1.165, 1.54) is 17.5 Å². The van der Waals surface area contributed by atoms with E-state index in [1.807, 2.05) is 20.0 Å². The fourth-order valence-electron chi connectivity index (χ4n) is 3.63. The van der Waals surface area contributed by atoms with Crippen molar-refractivity contribution >= 4 is 5.96 Å². The SMILES string of the molecule is CCNC(=NCc1c(O)ccc2c1CCCC2)NCC(C)(O)c1cnn(C)c1. The third-order valence-electron chi connectivity index (χ3n) is 5.29. The maximum atomic E-state index is 10.8. The molecular weight excluding hydrogens is 354 g/mol. The lowest BCUT2D eigenvalue weighted by atomic mass is 9.88. The Morgan fingerprint density at radius 2 is 2.07 bits per heavy atom. The number of phenols is 1. The van der Waals surface area contributed by atoms with Gasteiger partial charge in [-0.15, -0.1) is 0 Å². The minimum Gasteiger partial charge on any atom is -0.508 e. The van der Waals surface area contributed by atoms with E-state index >= 15 is 0 Å². The molecule has 4 N–H and O–H groups in total. The average Bonchev–Trinajstić information content (AvgIpc) is 3.12. The Bertz CT molecular complexity index is 841. The molecule has 0 spiro atoms. The van der Waals surface area contributed by atoms with Gasteiger partial charge in [-0.05, 0) is 56.7 Å². The number of hydrogen-bond acceptors (Lipinski definition) is 4. The number of benzene rings is 1. The number of aliphatic imine (C=N–C) groups is 1. The normalized spacial score (nSPS) is 16.4. The van der Waals surface area contributed by atoms with Crippen molar-refractivity contribution < 1.29 is 10.2 Å². The minimum atomic E-state index is -1.07. The van der Waals surface area contributed by atoms with Crippen LogP contribution in [0.2, 0.25) is 0 Å². The molecule has 0 saturated carbocycles. The van der Waals surface area contributed by atoms with Gasteiger partial charge in [0.25, 0.3) is 0 Å². The molecule has 0 saturated heterocycles. The zero-order valence-electron chi connectivity index (χ0n) is 17.0. The van der Waals surface area contributed by atoms with Crippen molar-refractivity contribution in [2.45, 2.75) is 51.7 Å². The Morgan fingerprint density at radius 3 is 2.79 bits per heavy atom. The molecule has 3 rings (SSSR count). The Labute approximate surface area is 166 Å². The van der Waals surface area contributed by atoms with Crippen molar-refractivity contribution in [3.05, 3.63) is 46.8 Å². The second kappa shape index (κ2) is 8.65. The number of nitrogens with zero attached hydrogens (tertiary/aromatic N) is 3. The highest BCUT2D eigenvalue weighted by atomic mass is 16.3. The quantitative estimate of drug-likeness (QED) is 0.450. The van der Waals surface area contributed by atoms with Crippen LogP contribution in [0, 0.1) is 0 Å². The highest BCUT2D eigenvalue weighted by molar-refractivity contribution is 5.80. The zero-order valence-corrected chi connectivity index (χ0v) is 17.0. The highest BCUT2D eigenvalue weighted by Gasteiger charge is 2.25. The van der Waals surface area contributed by atoms with Crippen LogP contribution in [0.1, 0.15) is 48.9 Å². The first kappa shape index (κ1) is 20.2. The Hall–Kier alpha value is -2.54. The maximum Gasteiger partial charge on any atom is 0.191 e. The van der Waals surface area contributed by atoms with Gasteiger partial charge in [0.15, 0.2) is 5.96 Å². The van der Waals surface area contributed by atoms with E-state index in [0.717, 1.165) is 30.4 Å². The molecule has 7 heteroatoms. The number of fused-ring (bicyclic) bond motifs is 1. The summed E-state index contributed by atoms with van der Waals surface area (Å²) in [5.41, 5.74) is 3.15. The molecule has 0 radical (unpaired) electrons. The number of hydrogen-bond donors (Lipinski definition) is 4. The standard InChI is InChI=1S/C21H31N5O2/c1-4-22-20(24-14-21(2,28)16-11-25-26(3)13-16)23-12-18-17-8-6-5-7-15(17)9-10-19(18)27/h9-11,13,27-28H,4-8,12,14H2,1-3H3,(H2,22,23,24). The van der Waals surface area contributed by atoms with Gasteiger partial charge in [0.1, 0.15) is 11.4 Å². The highest BCUT2D eigenvalue weighted by Crippen LogP contribution is 2.31. The smallest absolute Gasteiger partial charge is 0.191 e. The number of aromatic nitrogens is 2. The van der Waals surface area contributed by atoms with Crippen molar-refractivity contribution in [3.8, 4) is 5.75 Å². The molecule has 1 unspecified atom stereocenters. The summed E-state index contributed by atoms with van der Waals surface area (Å²) in [7, 11) is 1.82. The number of aromatic hydroxyl groups is 1. The second-order valence-corrected chi connectivity index (χ2v) is 7.63. The lowest BCUT2D eigenvalue weighted by molar-refractivity contribution is 0.0616. The Balaban J connectivity index is 1.73. The first-order valence-electron chi connectivity index (χ1n) is 9.97. The molecule has 0 amide bonds. The van der Waals surface area contributed by atoms with Crippen molar-refractivity contribution in [2.75, 3.05) is 13.1 Å². The Kier molecular flexibility index (Phi) is 6.24. The van der Waals surface area contributed by atoms with Crippen LogP contribution >= 0.6 is 0 Å². The number of nitrogens with one attached hydrogen (secondary N) is 2. The molecule has 0 aliphatic heterocycles. The van der Waals surface area contributed by atoms with E-state index in [1.54, 1.807) is 30.1 Å². The number of guanidine groups is 1. The molecule has 1 aliphatic carbocycles. The van der Waals surface area contributed by atoms with E-state index in [0.29, 0.717) is 31.3 Å². The molecule has 1 aromatic heterocycles. The van der Waals surface area contributed by atoms with Crippen LogP contribution < -0.4 is 10.6 Å².